The van der Waals surface area contributed by atoms with Crippen LogP contribution in [0.5, 0.6) is 0 Å². The molecule has 1 aliphatic heterocycles. The second kappa shape index (κ2) is 5.72. The summed E-state index contributed by atoms with van der Waals surface area (Å²) in [4.78, 5) is 7.29. The number of benzene rings is 1. The molecule has 2 aliphatic rings. The van der Waals surface area contributed by atoms with E-state index < -0.39 is 0 Å². The fourth-order valence-electron chi connectivity index (χ4n) is 4.74. The summed E-state index contributed by atoms with van der Waals surface area (Å²) in [6.45, 7) is 6.00. The SMILES string of the molecule is C[C@@H]1CN(c2c3c(c(C#N)c4nc5ccccc5n24)CCC3)C[C@@H](C)O1. The van der Waals surface area contributed by atoms with Gasteiger partial charge in [-0.2, -0.15) is 5.26 Å². The van der Waals surface area contributed by atoms with Crippen LogP contribution in [-0.2, 0) is 17.6 Å². The normalized spacial score (nSPS) is 22.7. The molecule has 0 N–H and O–H groups in total. The van der Waals surface area contributed by atoms with Gasteiger partial charge in [0.15, 0.2) is 5.65 Å². The second-order valence-corrected chi connectivity index (χ2v) is 7.54. The highest BCUT2D eigenvalue weighted by molar-refractivity contribution is 5.86. The summed E-state index contributed by atoms with van der Waals surface area (Å²) in [6.07, 6.45) is 3.49. The van der Waals surface area contributed by atoms with Gasteiger partial charge in [0.05, 0.1) is 28.8 Å². The molecule has 0 amide bonds. The molecular formula is C21H22N4O. The summed E-state index contributed by atoms with van der Waals surface area (Å²) in [6, 6.07) is 10.6. The van der Waals surface area contributed by atoms with Gasteiger partial charge < -0.3 is 9.64 Å². The van der Waals surface area contributed by atoms with Crippen molar-refractivity contribution >= 4 is 22.5 Å². The number of para-hydroxylation sites is 2. The van der Waals surface area contributed by atoms with Crippen molar-refractivity contribution in [2.45, 2.75) is 45.3 Å². The number of aromatic nitrogens is 2. The molecule has 0 saturated carbocycles. The third kappa shape index (κ3) is 2.15. The number of hydrogen-bond acceptors (Lipinski definition) is 4. The van der Waals surface area contributed by atoms with Crippen molar-refractivity contribution in [3.63, 3.8) is 0 Å². The van der Waals surface area contributed by atoms with Crippen LogP contribution < -0.4 is 4.90 Å². The largest absolute Gasteiger partial charge is 0.372 e. The summed E-state index contributed by atoms with van der Waals surface area (Å²) in [5.41, 5.74) is 6.12. The highest BCUT2D eigenvalue weighted by Gasteiger charge is 2.31. The molecule has 0 unspecified atom stereocenters. The minimum absolute atomic E-state index is 0.191. The molecule has 132 valence electrons. The minimum Gasteiger partial charge on any atom is -0.372 e. The number of pyridine rings is 1. The molecule has 1 fully saturated rings. The van der Waals surface area contributed by atoms with Gasteiger partial charge >= 0.3 is 0 Å². The zero-order chi connectivity index (χ0) is 17.8. The molecule has 3 heterocycles. The summed E-state index contributed by atoms with van der Waals surface area (Å²) in [7, 11) is 0. The van der Waals surface area contributed by atoms with E-state index in [0.717, 1.165) is 54.6 Å². The number of nitrogens with zero attached hydrogens (tertiary/aromatic N) is 4. The van der Waals surface area contributed by atoms with E-state index in [0.29, 0.717) is 0 Å². The molecule has 0 bridgehead atoms. The standard InChI is InChI=1S/C21H22N4O/c1-13-11-24(12-14(2)26-13)21-16-7-5-6-15(16)17(10-22)20-23-18-8-3-4-9-19(18)25(20)21/h3-4,8-9,13-14H,5-7,11-12H2,1-2H3/t13-,14-/m1/s1. The maximum absolute atomic E-state index is 9.87. The predicted octanol–water partition coefficient (Wildman–Crippen LogP) is 3.46. The van der Waals surface area contributed by atoms with Gasteiger partial charge in [-0.3, -0.25) is 4.40 Å². The highest BCUT2D eigenvalue weighted by Crippen LogP contribution is 2.38. The van der Waals surface area contributed by atoms with Crippen LogP contribution in [0, 0.1) is 11.3 Å². The molecule has 0 radical (unpaired) electrons. The van der Waals surface area contributed by atoms with Gasteiger partial charge in [0.1, 0.15) is 11.9 Å². The van der Waals surface area contributed by atoms with Crippen molar-refractivity contribution in [1.82, 2.24) is 9.38 Å². The Hall–Kier alpha value is -2.58. The van der Waals surface area contributed by atoms with Crippen molar-refractivity contribution in [2.75, 3.05) is 18.0 Å². The molecule has 1 saturated heterocycles. The Balaban J connectivity index is 1.88. The lowest BCUT2D eigenvalue weighted by Gasteiger charge is -2.38. The molecular weight excluding hydrogens is 324 g/mol. The molecule has 1 aliphatic carbocycles. The van der Waals surface area contributed by atoms with E-state index in [9.17, 15) is 5.26 Å². The van der Waals surface area contributed by atoms with Crippen molar-refractivity contribution in [2.24, 2.45) is 0 Å². The van der Waals surface area contributed by atoms with Gasteiger partial charge in [-0.15, -0.1) is 0 Å². The van der Waals surface area contributed by atoms with Crippen LogP contribution >= 0.6 is 0 Å². The molecule has 5 rings (SSSR count). The number of anilines is 1. The van der Waals surface area contributed by atoms with Gasteiger partial charge in [0, 0.05) is 13.1 Å². The van der Waals surface area contributed by atoms with Crippen molar-refractivity contribution in [3.8, 4) is 6.07 Å². The third-order valence-corrected chi connectivity index (χ3v) is 5.62. The fraction of sp³-hybridized carbons (Fsp3) is 0.429. The van der Waals surface area contributed by atoms with E-state index in [1.54, 1.807) is 0 Å². The average Bonchev–Trinajstić information content (AvgIpc) is 3.23. The number of imidazole rings is 1. The predicted molar refractivity (Wildman–Crippen MR) is 102 cm³/mol. The smallest absolute Gasteiger partial charge is 0.157 e. The lowest BCUT2D eigenvalue weighted by Crippen LogP contribution is -2.46. The molecule has 2 aromatic heterocycles. The molecule has 5 nitrogen and oxygen atoms in total. The van der Waals surface area contributed by atoms with Crippen molar-refractivity contribution in [1.29, 1.82) is 5.26 Å². The quantitative estimate of drug-likeness (QED) is 0.677. The van der Waals surface area contributed by atoms with E-state index >= 15 is 0 Å². The van der Waals surface area contributed by atoms with E-state index in [2.05, 4.69) is 35.3 Å². The Kier molecular flexibility index (Phi) is 3.44. The topological polar surface area (TPSA) is 53.6 Å². The Morgan fingerprint density at radius 2 is 1.85 bits per heavy atom. The number of fused-ring (bicyclic) bond motifs is 4. The summed E-state index contributed by atoms with van der Waals surface area (Å²) >= 11 is 0. The van der Waals surface area contributed by atoms with Crippen LogP contribution in [0.15, 0.2) is 24.3 Å². The number of ether oxygens (including phenoxy) is 1. The first kappa shape index (κ1) is 15.7. The minimum atomic E-state index is 0.191. The first-order valence-corrected chi connectivity index (χ1v) is 9.42. The summed E-state index contributed by atoms with van der Waals surface area (Å²) < 4.78 is 8.19. The third-order valence-electron chi connectivity index (χ3n) is 5.62. The zero-order valence-electron chi connectivity index (χ0n) is 15.2. The average molecular weight is 346 g/mol. The Labute approximate surface area is 152 Å². The lowest BCUT2D eigenvalue weighted by molar-refractivity contribution is -0.00554. The van der Waals surface area contributed by atoms with Gasteiger partial charge in [-0.25, -0.2) is 4.98 Å². The number of hydrogen-bond donors (Lipinski definition) is 0. The van der Waals surface area contributed by atoms with E-state index in [-0.39, 0.29) is 12.2 Å². The molecule has 2 atom stereocenters. The number of nitriles is 1. The van der Waals surface area contributed by atoms with Crippen LogP contribution in [0.3, 0.4) is 0 Å². The number of morpholine rings is 1. The molecule has 0 spiro atoms. The summed E-state index contributed by atoms with van der Waals surface area (Å²) in [5, 5.41) is 9.87. The first-order valence-electron chi connectivity index (χ1n) is 9.42. The first-order chi connectivity index (χ1) is 12.7. The Morgan fingerprint density at radius 3 is 2.62 bits per heavy atom. The maximum atomic E-state index is 9.87. The lowest BCUT2D eigenvalue weighted by atomic mass is 10.0. The van der Waals surface area contributed by atoms with Gasteiger partial charge in [0.2, 0.25) is 0 Å². The zero-order valence-corrected chi connectivity index (χ0v) is 15.2. The van der Waals surface area contributed by atoms with Crippen LogP contribution in [0.4, 0.5) is 5.82 Å². The molecule has 1 aromatic carbocycles. The Bertz CT molecular complexity index is 1050. The van der Waals surface area contributed by atoms with Crippen LogP contribution in [-0.4, -0.2) is 34.7 Å². The number of rotatable bonds is 1. The van der Waals surface area contributed by atoms with Crippen LogP contribution in [0.25, 0.3) is 16.7 Å². The Morgan fingerprint density at radius 1 is 1.12 bits per heavy atom. The second-order valence-electron chi connectivity index (χ2n) is 7.54. The maximum Gasteiger partial charge on any atom is 0.157 e. The fourth-order valence-corrected chi connectivity index (χ4v) is 4.74. The van der Waals surface area contributed by atoms with Crippen molar-refractivity contribution < 1.29 is 4.74 Å². The van der Waals surface area contributed by atoms with E-state index in [1.807, 2.05) is 18.2 Å². The molecule has 3 aromatic rings. The van der Waals surface area contributed by atoms with Crippen LogP contribution in [0.2, 0.25) is 0 Å². The molecule has 26 heavy (non-hydrogen) atoms. The summed E-state index contributed by atoms with van der Waals surface area (Å²) in [5.74, 6) is 1.22. The van der Waals surface area contributed by atoms with Gasteiger partial charge in [0.25, 0.3) is 0 Å². The highest BCUT2D eigenvalue weighted by atomic mass is 16.5. The van der Waals surface area contributed by atoms with Gasteiger partial charge in [-0.05, 0) is 56.4 Å². The van der Waals surface area contributed by atoms with Crippen molar-refractivity contribution in [3.05, 3.63) is 41.0 Å². The van der Waals surface area contributed by atoms with Gasteiger partial charge in [-0.1, -0.05) is 12.1 Å². The molecule has 5 heteroatoms. The van der Waals surface area contributed by atoms with E-state index in [1.165, 1.54) is 16.9 Å². The monoisotopic (exact) mass is 346 g/mol. The van der Waals surface area contributed by atoms with E-state index in [4.69, 9.17) is 9.72 Å². The van der Waals surface area contributed by atoms with Crippen LogP contribution in [0.1, 0.15) is 37.0 Å².